The van der Waals surface area contributed by atoms with E-state index in [2.05, 4.69) is 13.0 Å². The van der Waals surface area contributed by atoms with Crippen molar-refractivity contribution in [2.75, 3.05) is 6.61 Å². The van der Waals surface area contributed by atoms with Crippen LogP contribution in [0.2, 0.25) is 0 Å². The average molecular weight is 407 g/mol. The quantitative estimate of drug-likeness (QED) is 0.699. The van der Waals surface area contributed by atoms with Crippen LogP contribution in [0.3, 0.4) is 0 Å². The average Bonchev–Trinajstić information content (AvgIpc) is 2.57. The van der Waals surface area contributed by atoms with E-state index in [9.17, 15) is 8.78 Å². The minimum atomic E-state index is -0.960. The Bertz CT molecular complexity index is 506. The summed E-state index contributed by atoms with van der Waals surface area (Å²) in [5.74, 6) is 1.32. The maximum absolute atomic E-state index is 13.6. The van der Waals surface area contributed by atoms with Crippen LogP contribution in [0, 0.1) is 41.4 Å². The summed E-state index contributed by atoms with van der Waals surface area (Å²) in [6.07, 6.45) is 10.4. The molecule has 1 aromatic rings. The molecule has 0 heterocycles. The second kappa shape index (κ2) is 10.1. The van der Waals surface area contributed by atoms with E-state index < -0.39 is 11.6 Å². The zero-order valence-electron chi connectivity index (χ0n) is 15.0. The summed E-state index contributed by atoms with van der Waals surface area (Å²) in [6, 6.07) is 5.02. The third kappa shape index (κ3) is 5.59. The van der Waals surface area contributed by atoms with Crippen LogP contribution >= 0.6 is 0 Å². The van der Waals surface area contributed by atoms with Crippen molar-refractivity contribution in [2.24, 2.45) is 23.7 Å². The molecule has 0 radical (unpaired) electrons. The van der Waals surface area contributed by atoms with E-state index in [1.54, 1.807) is 0 Å². The van der Waals surface area contributed by atoms with Crippen molar-refractivity contribution in [1.29, 1.82) is 0 Å². The van der Waals surface area contributed by atoms with Crippen molar-refractivity contribution < 1.29 is 71.7 Å². The van der Waals surface area contributed by atoms with Crippen LogP contribution in [0.25, 0.3) is 0 Å². The first-order valence-corrected chi connectivity index (χ1v) is 9.12. The third-order valence-corrected chi connectivity index (χ3v) is 5.95. The molecular weight excluding hydrogens is 380 g/mol. The Balaban J connectivity index is 0.00000208. The molecule has 128 valence electrons. The summed E-state index contributed by atoms with van der Waals surface area (Å²) in [7, 11) is 0. The van der Waals surface area contributed by atoms with Crippen molar-refractivity contribution in [3.05, 3.63) is 29.8 Å². The Labute approximate surface area is 193 Å². The molecular formula is C20H27F2ORb. The Morgan fingerprint density at radius 2 is 1.58 bits per heavy atom. The van der Waals surface area contributed by atoms with E-state index in [-0.39, 0.29) is 63.9 Å². The predicted octanol–water partition coefficient (Wildman–Crippen LogP) is 2.78. The smallest absolute Gasteiger partial charge is 0.516 e. The minimum absolute atomic E-state index is 0. The van der Waals surface area contributed by atoms with Gasteiger partial charge in [0.15, 0.2) is 0 Å². The predicted molar refractivity (Wildman–Crippen MR) is 87.3 cm³/mol. The van der Waals surface area contributed by atoms with E-state index in [1.165, 1.54) is 50.7 Å². The molecule has 0 bridgehead atoms. The van der Waals surface area contributed by atoms with Crippen LogP contribution in [0.5, 0.6) is 5.75 Å². The summed E-state index contributed by atoms with van der Waals surface area (Å²) < 4.78 is 32.2. The third-order valence-electron chi connectivity index (χ3n) is 5.95. The molecule has 4 heteroatoms. The van der Waals surface area contributed by atoms with Gasteiger partial charge in [0.2, 0.25) is 0 Å². The van der Waals surface area contributed by atoms with E-state index in [0.29, 0.717) is 12.5 Å². The van der Waals surface area contributed by atoms with Crippen molar-refractivity contribution in [3.8, 4) is 5.75 Å². The molecule has 2 aliphatic rings. The van der Waals surface area contributed by atoms with E-state index in [4.69, 9.17) is 4.74 Å². The number of rotatable bonds is 4. The van der Waals surface area contributed by atoms with Gasteiger partial charge in [0.25, 0.3) is 0 Å². The number of benzene rings is 1. The largest absolute Gasteiger partial charge is 1.00 e. The molecule has 2 aliphatic carbocycles. The monoisotopic (exact) mass is 406 g/mol. The molecule has 3 rings (SSSR count). The fourth-order valence-corrected chi connectivity index (χ4v) is 4.34. The van der Waals surface area contributed by atoms with Gasteiger partial charge in [0.05, 0.1) is 12.4 Å². The van der Waals surface area contributed by atoms with E-state index >= 15 is 0 Å². The van der Waals surface area contributed by atoms with E-state index in [0.717, 1.165) is 30.6 Å². The van der Waals surface area contributed by atoms with Crippen LogP contribution < -0.4 is 62.9 Å². The van der Waals surface area contributed by atoms with Gasteiger partial charge < -0.3 is 4.74 Å². The Morgan fingerprint density at radius 1 is 1.00 bits per heavy atom. The first-order valence-electron chi connectivity index (χ1n) is 9.12. The maximum atomic E-state index is 13.6. The second-order valence-corrected chi connectivity index (χ2v) is 7.58. The molecule has 0 aliphatic heterocycles. The van der Waals surface area contributed by atoms with Gasteiger partial charge in [0, 0.05) is 11.6 Å². The van der Waals surface area contributed by atoms with Crippen molar-refractivity contribution in [1.82, 2.24) is 0 Å². The number of hydrogen-bond donors (Lipinski definition) is 0. The summed E-state index contributed by atoms with van der Waals surface area (Å²) in [6.45, 7) is 2.86. The van der Waals surface area contributed by atoms with Gasteiger partial charge in [-0.15, -0.1) is 12.1 Å². The standard InChI is InChI=1S/C20H27F2O.Rb/c1-14-5-9-16(10-6-14)17-11-7-15(8-12-17)13-23-19-4-2-3-18(21)20(19)22;/h2,4,14-17H,5-13H2,1H3;/q-1;+1. The molecule has 0 unspecified atom stereocenters. The molecule has 0 spiro atoms. The topological polar surface area (TPSA) is 9.23 Å². The van der Waals surface area contributed by atoms with Gasteiger partial charge >= 0.3 is 58.2 Å². The van der Waals surface area contributed by atoms with Gasteiger partial charge in [-0.2, -0.15) is 6.07 Å². The first-order chi connectivity index (χ1) is 11.1. The van der Waals surface area contributed by atoms with Crippen LogP contribution in [-0.4, -0.2) is 6.61 Å². The van der Waals surface area contributed by atoms with E-state index in [1.807, 2.05) is 0 Å². The molecule has 24 heavy (non-hydrogen) atoms. The molecule has 0 aromatic heterocycles. The molecule has 2 fully saturated rings. The fraction of sp³-hybridized carbons (Fsp3) is 0.700. The van der Waals surface area contributed by atoms with Crippen LogP contribution in [0.1, 0.15) is 58.3 Å². The number of halogens is 2. The Hall–Kier alpha value is 0.685. The summed E-state index contributed by atoms with van der Waals surface area (Å²) >= 11 is 0. The van der Waals surface area contributed by atoms with Gasteiger partial charge in [0.1, 0.15) is 0 Å². The Morgan fingerprint density at radius 3 is 2.21 bits per heavy atom. The Kier molecular flexibility index (Phi) is 8.86. The van der Waals surface area contributed by atoms with Crippen molar-refractivity contribution in [2.45, 2.75) is 58.3 Å². The molecule has 1 aromatic carbocycles. The van der Waals surface area contributed by atoms with Crippen LogP contribution in [0.15, 0.2) is 12.1 Å². The maximum Gasteiger partial charge on any atom is 1.00 e. The number of hydrogen-bond acceptors (Lipinski definition) is 1. The molecule has 2 saturated carbocycles. The van der Waals surface area contributed by atoms with Gasteiger partial charge in [-0.25, -0.2) is 4.39 Å². The normalized spacial score (nSPS) is 30.5. The van der Waals surface area contributed by atoms with Crippen molar-refractivity contribution in [3.63, 3.8) is 0 Å². The van der Waals surface area contributed by atoms with Gasteiger partial charge in [-0.3, -0.25) is 4.39 Å². The van der Waals surface area contributed by atoms with Crippen LogP contribution in [0.4, 0.5) is 8.78 Å². The fourth-order valence-electron chi connectivity index (χ4n) is 4.34. The van der Waals surface area contributed by atoms with Gasteiger partial charge in [-0.05, 0) is 62.2 Å². The molecule has 0 atom stereocenters. The first kappa shape index (κ1) is 21.0. The zero-order chi connectivity index (χ0) is 16.2. The SMILES string of the molecule is CC1CCC(C2CCC(COc3cc[c-]c(F)c3F)CC2)CC1.[Rb+]. The van der Waals surface area contributed by atoms with Gasteiger partial charge in [-0.1, -0.05) is 19.8 Å². The zero-order valence-corrected chi connectivity index (χ0v) is 19.9. The molecule has 0 N–H and O–H groups in total. The summed E-state index contributed by atoms with van der Waals surface area (Å²) in [5.41, 5.74) is 0. The molecule has 0 amide bonds. The molecule has 0 saturated heterocycles. The minimum Gasteiger partial charge on any atom is -0.516 e. The summed E-state index contributed by atoms with van der Waals surface area (Å²) in [5, 5.41) is 0. The van der Waals surface area contributed by atoms with Crippen molar-refractivity contribution >= 4 is 0 Å². The second-order valence-electron chi connectivity index (χ2n) is 7.58. The summed E-state index contributed by atoms with van der Waals surface area (Å²) in [4.78, 5) is 0. The van der Waals surface area contributed by atoms with Crippen LogP contribution in [-0.2, 0) is 0 Å². The molecule has 1 nitrogen and oxygen atoms in total. The number of ether oxygens (including phenoxy) is 1.